The molecule has 1 aromatic carbocycles. The maximum atomic E-state index is 13.1. The number of guanidine groups is 1. The molecule has 25 heavy (non-hydrogen) atoms. The van der Waals surface area contributed by atoms with Gasteiger partial charge in [0.25, 0.3) is 0 Å². The maximum absolute atomic E-state index is 13.1. The number of likely N-dealkylation sites (tertiary alicyclic amines) is 1. The molecule has 1 fully saturated rings. The number of nitrogens with one attached hydrogen (secondary N) is 1. The first-order valence-corrected chi connectivity index (χ1v) is 8.31. The molecule has 2 unspecified atom stereocenters. The number of aliphatic imine (C=N–C) groups is 1. The van der Waals surface area contributed by atoms with Crippen molar-refractivity contribution in [3.8, 4) is 0 Å². The normalized spacial score (nSPS) is 20.2. The van der Waals surface area contributed by atoms with E-state index < -0.39 is 0 Å². The summed E-state index contributed by atoms with van der Waals surface area (Å²) in [5.41, 5.74) is 0.878. The Morgan fingerprint density at radius 2 is 2.20 bits per heavy atom. The highest BCUT2D eigenvalue weighted by Crippen LogP contribution is 2.24. The quantitative estimate of drug-likeness (QED) is 0.310. The van der Waals surface area contributed by atoms with Gasteiger partial charge in [-0.15, -0.1) is 24.0 Å². The molecule has 1 saturated heterocycles. The van der Waals surface area contributed by atoms with Gasteiger partial charge in [0.2, 0.25) is 0 Å². The third-order valence-corrected chi connectivity index (χ3v) is 4.67. The number of ether oxygens (including phenoxy) is 1. The summed E-state index contributed by atoms with van der Waals surface area (Å²) in [6.45, 7) is 3.99. The Labute approximate surface area is 170 Å². The van der Waals surface area contributed by atoms with Crippen LogP contribution in [0.25, 0.3) is 0 Å². The van der Waals surface area contributed by atoms with Crippen molar-refractivity contribution in [1.29, 1.82) is 0 Å². The van der Waals surface area contributed by atoms with E-state index in [2.05, 4.69) is 15.2 Å². The fraction of sp³-hybridized carbons (Fsp3) is 0.529. The molecule has 2 atom stereocenters. The molecule has 1 heterocycles. The van der Waals surface area contributed by atoms with Crippen molar-refractivity contribution in [3.63, 3.8) is 0 Å². The molecule has 0 amide bonds. The lowest BCUT2D eigenvalue weighted by molar-refractivity contribution is -0.145. The van der Waals surface area contributed by atoms with E-state index in [1.807, 2.05) is 6.92 Å². The third kappa shape index (κ3) is 5.70. The van der Waals surface area contributed by atoms with Crippen molar-refractivity contribution < 1.29 is 13.9 Å². The molecule has 1 aliphatic rings. The molecular weight excluding hydrogens is 460 g/mol. The zero-order chi connectivity index (χ0) is 17.7. The van der Waals surface area contributed by atoms with E-state index in [9.17, 15) is 9.18 Å². The van der Waals surface area contributed by atoms with Crippen LogP contribution in [0.4, 0.5) is 4.39 Å². The van der Waals surface area contributed by atoms with Crippen LogP contribution in [0.2, 0.25) is 5.02 Å². The number of carbonyl (C=O) groups is 1. The van der Waals surface area contributed by atoms with Gasteiger partial charge in [-0.25, -0.2) is 4.39 Å². The number of halogens is 3. The number of esters is 1. The number of benzene rings is 1. The first-order chi connectivity index (χ1) is 11.5. The van der Waals surface area contributed by atoms with Gasteiger partial charge in [0.05, 0.1) is 13.0 Å². The summed E-state index contributed by atoms with van der Waals surface area (Å²) in [7, 11) is 3.13. The average Bonchev–Trinajstić information content (AvgIpc) is 2.94. The Hall–Kier alpha value is -1.09. The Morgan fingerprint density at radius 3 is 2.80 bits per heavy atom. The zero-order valence-corrected chi connectivity index (χ0v) is 17.7. The summed E-state index contributed by atoms with van der Waals surface area (Å²) >= 11 is 6.04. The number of rotatable bonds is 4. The molecule has 0 spiro atoms. The van der Waals surface area contributed by atoms with E-state index >= 15 is 0 Å². The monoisotopic (exact) mass is 483 g/mol. The fourth-order valence-electron chi connectivity index (χ4n) is 2.96. The second kappa shape index (κ2) is 10.2. The smallest absolute Gasteiger partial charge is 0.310 e. The van der Waals surface area contributed by atoms with Crippen LogP contribution in [0.1, 0.15) is 12.5 Å². The summed E-state index contributed by atoms with van der Waals surface area (Å²) in [5, 5.41) is 3.69. The van der Waals surface area contributed by atoms with Crippen molar-refractivity contribution in [1.82, 2.24) is 10.2 Å². The standard InChI is InChI=1S/C17H23ClFN3O2.HI/c1-11-9-22(10-14(11)16(23)24-3)17(20-2)21-7-6-12-4-5-13(19)8-15(12)18;/h4-5,8,11,14H,6-7,9-10H2,1-3H3,(H,20,21);1H. The first kappa shape index (κ1) is 22.0. The second-order valence-electron chi connectivity index (χ2n) is 5.97. The molecule has 0 bridgehead atoms. The summed E-state index contributed by atoms with van der Waals surface area (Å²) in [5.74, 6) is 0.292. The van der Waals surface area contributed by atoms with E-state index in [-0.39, 0.29) is 47.6 Å². The molecule has 2 rings (SSSR count). The lowest BCUT2D eigenvalue weighted by atomic mass is 9.99. The van der Waals surface area contributed by atoms with Crippen molar-refractivity contribution in [2.45, 2.75) is 13.3 Å². The molecule has 140 valence electrons. The van der Waals surface area contributed by atoms with Crippen LogP contribution in [-0.4, -0.2) is 50.6 Å². The Kier molecular flexibility index (Phi) is 8.92. The lowest BCUT2D eigenvalue weighted by Gasteiger charge is -2.21. The SMILES string of the molecule is CN=C(NCCc1ccc(F)cc1Cl)N1CC(C)C(C(=O)OC)C1.I. The summed E-state index contributed by atoms with van der Waals surface area (Å²) in [6.07, 6.45) is 0.655. The number of hydrogen-bond donors (Lipinski definition) is 1. The predicted octanol–water partition coefficient (Wildman–Crippen LogP) is 2.96. The van der Waals surface area contributed by atoms with Crippen LogP contribution in [0.5, 0.6) is 0 Å². The van der Waals surface area contributed by atoms with Crippen molar-refractivity contribution in [2.24, 2.45) is 16.8 Å². The predicted molar refractivity (Wildman–Crippen MR) is 108 cm³/mol. The molecular formula is C17H24ClFIN3O2. The molecule has 5 nitrogen and oxygen atoms in total. The molecule has 0 saturated carbocycles. The van der Waals surface area contributed by atoms with Crippen molar-refractivity contribution in [3.05, 3.63) is 34.6 Å². The van der Waals surface area contributed by atoms with E-state index in [0.29, 0.717) is 24.5 Å². The van der Waals surface area contributed by atoms with Crippen LogP contribution in [-0.2, 0) is 16.0 Å². The van der Waals surface area contributed by atoms with Crippen LogP contribution >= 0.6 is 35.6 Å². The van der Waals surface area contributed by atoms with Gasteiger partial charge in [-0.1, -0.05) is 24.6 Å². The number of methoxy groups -OCH3 is 1. The highest BCUT2D eigenvalue weighted by Gasteiger charge is 2.36. The minimum atomic E-state index is -0.340. The average molecular weight is 484 g/mol. The summed E-state index contributed by atoms with van der Waals surface area (Å²) < 4.78 is 17.9. The zero-order valence-electron chi connectivity index (χ0n) is 14.6. The van der Waals surface area contributed by atoms with Crippen molar-refractivity contribution in [2.75, 3.05) is 33.8 Å². The Balaban J connectivity index is 0.00000312. The molecule has 0 aliphatic carbocycles. The molecule has 1 N–H and O–H groups in total. The molecule has 0 radical (unpaired) electrons. The highest BCUT2D eigenvalue weighted by atomic mass is 127. The van der Waals surface area contributed by atoms with E-state index in [0.717, 1.165) is 18.1 Å². The molecule has 1 aromatic rings. The fourth-order valence-corrected chi connectivity index (χ4v) is 3.23. The van der Waals surface area contributed by atoms with Crippen LogP contribution < -0.4 is 5.32 Å². The van der Waals surface area contributed by atoms with Crippen LogP contribution in [0, 0.1) is 17.7 Å². The van der Waals surface area contributed by atoms with Gasteiger partial charge in [0, 0.05) is 31.7 Å². The first-order valence-electron chi connectivity index (χ1n) is 7.93. The van der Waals surface area contributed by atoms with Crippen molar-refractivity contribution >= 4 is 47.5 Å². The Bertz CT molecular complexity index is 630. The van der Waals surface area contributed by atoms with Gasteiger partial charge in [-0.2, -0.15) is 0 Å². The minimum Gasteiger partial charge on any atom is -0.469 e. The van der Waals surface area contributed by atoms with Gasteiger partial charge in [-0.3, -0.25) is 9.79 Å². The lowest BCUT2D eigenvalue weighted by Crippen LogP contribution is -2.41. The van der Waals surface area contributed by atoms with Gasteiger partial charge in [0.15, 0.2) is 5.96 Å². The van der Waals surface area contributed by atoms with E-state index in [1.54, 1.807) is 13.1 Å². The Morgan fingerprint density at radius 1 is 1.48 bits per heavy atom. The second-order valence-corrected chi connectivity index (χ2v) is 6.38. The van der Waals surface area contributed by atoms with E-state index in [1.165, 1.54) is 19.2 Å². The van der Waals surface area contributed by atoms with Gasteiger partial charge >= 0.3 is 5.97 Å². The van der Waals surface area contributed by atoms with Gasteiger partial charge in [-0.05, 0) is 30.0 Å². The maximum Gasteiger partial charge on any atom is 0.310 e. The number of hydrogen-bond acceptors (Lipinski definition) is 3. The molecule has 8 heteroatoms. The minimum absolute atomic E-state index is 0. The largest absolute Gasteiger partial charge is 0.469 e. The summed E-state index contributed by atoms with van der Waals surface area (Å²) in [6, 6.07) is 4.40. The number of carbonyl (C=O) groups excluding carboxylic acids is 1. The van der Waals surface area contributed by atoms with E-state index in [4.69, 9.17) is 16.3 Å². The molecule has 0 aromatic heterocycles. The van der Waals surface area contributed by atoms with Gasteiger partial charge < -0.3 is 15.0 Å². The summed E-state index contributed by atoms with van der Waals surface area (Å²) in [4.78, 5) is 18.1. The van der Waals surface area contributed by atoms with Crippen LogP contribution in [0.3, 0.4) is 0 Å². The molecule has 1 aliphatic heterocycles. The van der Waals surface area contributed by atoms with Crippen LogP contribution in [0.15, 0.2) is 23.2 Å². The highest BCUT2D eigenvalue weighted by molar-refractivity contribution is 14.0. The number of nitrogens with zero attached hydrogens (tertiary/aromatic N) is 2. The topological polar surface area (TPSA) is 53.9 Å². The van der Waals surface area contributed by atoms with Gasteiger partial charge in [0.1, 0.15) is 5.82 Å². The third-order valence-electron chi connectivity index (χ3n) is 4.32.